The summed E-state index contributed by atoms with van der Waals surface area (Å²) in [5, 5.41) is 9.78. The number of nitrogens with zero attached hydrogens (tertiary/aromatic N) is 1. The molecular weight excluding hydrogens is 378 g/mol. The van der Waals surface area contributed by atoms with Crippen molar-refractivity contribution in [3.8, 4) is 11.5 Å². The number of benzene rings is 2. The van der Waals surface area contributed by atoms with Gasteiger partial charge < -0.3 is 19.0 Å². The fourth-order valence-corrected chi connectivity index (χ4v) is 4.15. The van der Waals surface area contributed by atoms with E-state index in [1.54, 1.807) is 6.92 Å². The quantitative estimate of drug-likeness (QED) is 0.538. The molecule has 2 saturated carbocycles. The Balaban J connectivity index is 1.18. The van der Waals surface area contributed by atoms with Gasteiger partial charge in [0.1, 0.15) is 17.0 Å². The number of aliphatic hydroxyl groups excluding tert-OH is 1. The minimum absolute atomic E-state index is 0.214. The van der Waals surface area contributed by atoms with E-state index in [0.29, 0.717) is 5.92 Å². The average molecular weight is 408 g/mol. The molecule has 0 spiro atoms. The van der Waals surface area contributed by atoms with Crippen molar-refractivity contribution in [2.75, 3.05) is 6.61 Å². The Bertz CT molecular complexity index is 999. The fraction of sp³-hybridized carbons (Fsp3) is 0.480. The highest BCUT2D eigenvalue weighted by molar-refractivity contribution is 5.73. The molecule has 5 nitrogen and oxygen atoms in total. The first-order valence-electron chi connectivity index (χ1n) is 11.1. The Labute approximate surface area is 177 Å². The van der Waals surface area contributed by atoms with Crippen LogP contribution in [0.1, 0.15) is 68.9 Å². The van der Waals surface area contributed by atoms with E-state index >= 15 is 0 Å². The van der Waals surface area contributed by atoms with Gasteiger partial charge in [0.25, 0.3) is 0 Å². The van der Waals surface area contributed by atoms with E-state index in [4.69, 9.17) is 18.9 Å². The van der Waals surface area contributed by atoms with Crippen LogP contribution in [0, 0.1) is 5.92 Å². The van der Waals surface area contributed by atoms with Crippen molar-refractivity contribution in [1.82, 2.24) is 4.98 Å². The Morgan fingerprint density at radius 3 is 2.60 bits per heavy atom. The van der Waals surface area contributed by atoms with Crippen molar-refractivity contribution in [3.05, 3.63) is 53.9 Å². The summed E-state index contributed by atoms with van der Waals surface area (Å²) in [5.74, 6) is 3.66. The zero-order valence-corrected chi connectivity index (χ0v) is 17.4. The SMILES string of the molecule is CC(O)c1ccc2nc(C3CCC(Oc4cccc(OCC5CC5)c4)CC3)oc2c1. The standard InChI is InChI=1S/C25H29NO4/c1-16(27)19-9-12-23-24(13-19)30-25(26-23)18-7-10-20(11-8-18)29-22-4-2-3-21(14-22)28-15-17-5-6-17/h2-4,9,12-14,16-18,20,27H,5-8,10-11,15H2,1H3. The molecule has 158 valence electrons. The Kier molecular flexibility index (Phi) is 5.38. The molecule has 1 unspecified atom stereocenters. The minimum Gasteiger partial charge on any atom is -0.493 e. The molecule has 2 aliphatic carbocycles. The molecule has 5 heteroatoms. The maximum absolute atomic E-state index is 9.78. The molecule has 30 heavy (non-hydrogen) atoms. The van der Waals surface area contributed by atoms with Gasteiger partial charge in [0.05, 0.1) is 18.8 Å². The number of aromatic nitrogens is 1. The van der Waals surface area contributed by atoms with Crippen LogP contribution in [0.5, 0.6) is 11.5 Å². The predicted molar refractivity (Wildman–Crippen MR) is 115 cm³/mol. The number of hydrogen-bond acceptors (Lipinski definition) is 5. The van der Waals surface area contributed by atoms with Crippen LogP contribution < -0.4 is 9.47 Å². The van der Waals surface area contributed by atoms with Crippen LogP contribution in [0.25, 0.3) is 11.1 Å². The number of hydrogen-bond donors (Lipinski definition) is 1. The zero-order chi connectivity index (χ0) is 20.5. The third-order valence-corrected chi connectivity index (χ3v) is 6.23. The van der Waals surface area contributed by atoms with E-state index in [9.17, 15) is 5.11 Å². The van der Waals surface area contributed by atoms with Crippen LogP contribution in [0.15, 0.2) is 46.9 Å². The van der Waals surface area contributed by atoms with E-state index in [-0.39, 0.29) is 6.10 Å². The lowest BCUT2D eigenvalue weighted by molar-refractivity contribution is 0.141. The molecular formula is C25H29NO4. The van der Waals surface area contributed by atoms with Gasteiger partial charge in [0.15, 0.2) is 11.5 Å². The zero-order valence-electron chi connectivity index (χ0n) is 17.4. The largest absolute Gasteiger partial charge is 0.493 e. The summed E-state index contributed by atoms with van der Waals surface area (Å²) in [4.78, 5) is 4.69. The molecule has 2 aromatic carbocycles. The van der Waals surface area contributed by atoms with E-state index in [2.05, 4.69) is 0 Å². The first-order chi connectivity index (χ1) is 14.6. The van der Waals surface area contributed by atoms with E-state index in [1.807, 2.05) is 42.5 Å². The van der Waals surface area contributed by atoms with Gasteiger partial charge in [0.2, 0.25) is 0 Å². The second kappa shape index (κ2) is 8.31. The van der Waals surface area contributed by atoms with Crippen LogP contribution in [-0.2, 0) is 0 Å². The van der Waals surface area contributed by atoms with Gasteiger partial charge in [-0.2, -0.15) is 0 Å². The molecule has 5 rings (SSSR count). The van der Waals surface area contributed by atoms with Gasteiger partial charge >= 0.3 is 0 Å². The molecule has 1 heterocycles. The van der Waals surface area contributed by atoms with Crippen LogP contribution in [0.2, 0.25) is 0 Å². The maximum Gasteiger partial charge on any atom is 0.198 e. The number of aliphatic hydroxyl groups is 1. The topological polar surface area (TPSA) is 64.7 Å². The van der Waals surface area contributed by atoms with Crippen molar-refractivity contribution in [1.29, 1.82) is 0 Å². The van der Waals surface area contributed by atoms with Crippen molar-refractivity contribution < 1.29 is 19.0 Å². The Morgan fingerprint density at radius 1 is 1.03 bits per heavy atom. The summed E-state index contributed by atoms with van der Waals surface area (Å²) in [6.07, 6.45) is 6.25. The molecule has 0 saturated heterocycles. The van der Waals surface area contributed by atoms with Gasteiger partial charge in [0, 0.05) is 12.0 Å². The Morgan fingerprint density at radius 2 is 1.83 bits per heavy atom. The summed E-state index contributed by atoms with van der Waals surface area (Å²) in [6, 6.07) is 13.8. The van der Waals surface area contributed by atoms with E-state index in [0.717, 1.165) is 72.3 Å². The summed E-state index contributed by atoms with van der Waals surface area (Å²) >= 11 is 0. The number of fused-ring (bicyclic) bond motifs is 1. The van der Waals surface area contributed by atoms with Crippen LogP contribution in [0.4, 0.5) is 0 Å². The van der Waals surface area contributed by atoms with Crippen molar-refractivity contribution >= 4 is 11.1 Å². The monoisotopic (exact) mass is 407 g/mol. The molecule has 2 aliphatic rings. The highest BCUT2D eigenvalue weighted by atomic mass is 16.5. The average Bonchev–Trinajstić information content (AvgIpc) is 3.49. The van der Waals surface area contributed by atoms with Crippen molar-refractivity contribution in [2.45, 2.75) is 63.6 Å². The molecule has 3 aromatic rings. The first-order valence-corrected chi connectivity index (χ1v) is 11.1. The highest BCUT2D eigenvalue weighted by Gasteiger charge is 2.27. The van der Waals surface area contributed by atoms with Crippen molar-refractivity contribution in [3.63, 3.8) is 0 Å². The van der Waals surface area contributed by atoms with Gasteiger partial charge in [-0.3, -0.25) is 0 Å². The summed E-state index contributed by atoms with van der Waals surface area (Å²) in [7, 11) is 0. The summed E-state index contributed by atoms with van der Waals surface area (Å²) in [6.45, 7) is 2.58. The van der Waals surface area contributed by atoms with E-state index < -0.39 is 6.10 Å². The number of ether oxygens (including phenoxy) is 2. The molecule has 2 fully saturated rings. The van der Waals surface area contributed by atoms with Gasteiger partial charge in [-0.25, -0.2) is 4.98 Å². The van der Waals surface area contributed by atoms with Gasteiger partial charge in [-0.1, -0.05) is 12.1 Å². The third-order valence-electron chi connectivity index (χ3n) is 6.23. The first kappa shape index (κ1) is 19.4. The highest BCUT2D eigenvalue weighted by Crippen LogP contribution is 2.36. The lowest BCUT2D eigenvalue weighted by Gasteiger charge is -2.27. The Hall–Kier alpha value is -2.53. The molecule has 1 atom stereocenters. The molecule has 1 aromatic heterocycles. The smallest absolute Gasteiger partial charge is 0.198 e. The van der Waals surface area contributed by atoms with Crippen LogP contribution in [0.3, 0.4) is 0 Å². The normalized spacial score (nSPS) is 22.7. The fourth-order valence-electron chi connectivity index (χ4n) is 4.15. The molecule has 1 N–H and O–H groups in total. The summed E-state index contributed by atoms with van der Waals surface area (Å²) < 4.78 is 18.2. The molecule has 0 amide bonds. The second-order valence-electron chi connectivity index (χ2n) is 8.78. The van der Waals surface area contributed by atoms with Crippen LogP contribution in [-0.4, -0.2) is 22.8 Å². The number of rotatable bonds is 7. The van der Waals surface area contributed by atoms with Crippen molar-refractivity contribution in [2.24, 2.45) is 5.92 Å². The lowest BCUT2D eigenvalue weighted by Crippen LogP contribution is -2.23. The van der Waals surface area contributed by atoms with Crippen LogP contribution >= 0.6 is 0 Å². The molecule has 0 radical (unpaired) electrons. The summed E-state index contributed by atoms with van der Waals surface area (Å²) in [5.41, 5.74) is 2.46. The van der Waals surface area contributed by atoms with Gasteiger partial charge in [-0.15, -0.1) is 0 Å². The molecule has 0 bridgehead atoms. The van der Waals surface area contributed by atoms with Gasteiger partial charge in [-0.05, 0) is 81.2 Å². The van der Waals surface area contributed by atoms with E-state index in [1.165, 1.54) is 12.8 Å². The minimum atomic E-state index is -0.506. The lowest BCUT2D eigenvalue weighted by atomic mass is 9.87. The molecule has 0 aliphatic heterocycles. The second-order valence-corrected chi connectivity index (χ2v) is 8.78. The maximum atomic E-state index is 9.78. The third kappa shape index (κ3) is 4.46. The predicted octanol–water partition coefficient (Wildman–Crippen LogP) is 5.78. The number of oxazole rings is 1.